The van der Waals surface area contributed by atoms with Crippen LogP contribution in [0.3, 0.4) is 0 Å². The summed E-state index contributed by atoms with van der Waals surface area (Å²) in [5, 5.41) is 2.39. The third-order valence-corrected chi connectivity index (χ3v) is 3.48. The number of carbonyl (C=O) groups excluding carboxylic acids is 3. The average molecular weight is 463 g/mol. The summed E-state index contributed by atoms with van der Waals surface area (Å²) in [6.45, 7) is 16.8. The first-order valence-electron chi connectivity index (χ1n) is 10.8. The molecule has 7 heteroatoms. The monoisotopic (exact) mass is 462 g/mol. The fourth-order valence-electron chi connectivity index (χ4n) is 1.40. The summed E-state index contributed by atoms with van der Waals surface area (Å²) in [6, 6.07) is 10.5. The van der Waals surface area contributed by atoms with Crippen molar-refractivity contribution < 1.29 is 14.4 Å². The average Bonchev–Trinajstić information content (AvgIpc) is 2.79. The minimum atomic E-state index is -0.468. The lowest BCUT2D eigenvalue weighted by Gasteiger charge is -1.98. The van der Waals surface area contributed by atoms with Gasteiger partial charge < -0.3 is 22.5 Å². The lowest BCUT2D eigenvalue weighted by molar-refractivity contribution is -0.119. The van der Waals surface area contributed by atoms with Crippen molar-refractivity contribution in [1.29, 1.82) is 0 Å². The number of carbonyl (C=O) groups is 3. The molecule has 0 bridgehead atoms. The first-order valence-corrected chi connectivity index (χ1v) is 10.8. The van der Waals surface area contributed by atoms with E-state index < -0.39 is 5.91 Å². The number of aryl methyl sites for hydroxylation is 1. The van der Waals surface area contributed by atoms with Gasteiger partial charge in [0, 0.05) is 20.4 Å². The van der Waals surface area contributed by atoms with Crippen molar-refractivity contribution >= 4 is 17.7 Å². The Kier molecular flexibility index (Phi) is 32.4. The van der Waals surface area contributed by atoms with Gasteiger partial charge in [0.15, 0.2) is 0 Å². The van der Waals surface area contributed by atoms with E-state index in [1.165, 1.54) is 12.5 Å². The number of nitrogens with two attached hydrogens (primary N) is 3. The van der Waals surface area contributed by atoms with Crippen molar-refractivity contribution in [2.45, 2.75) is 53.9 Å². The van der Waals surface area contributed by atoms with Crippen LogP contribution in [0.25, 0.3) is 0 Å². The maximum absolute atomic E-state index is 10.1. The van der Waals surface area contributed by atoms with Gasteiger partial charge in [-0.15, -0.1) is 0 Å². The Morgan fingerprint density at radius 3 is 1.64 bits per heavy atom. The van der Waals surface area contributed by atoms with E-state index in [-0.39, 0.29) is 18.4 Å². The summed E-state index contributed by atoms with van der Waals surface area (Å²) in [5.74, 6) is -0.0730. The number of allylic oxidation sites excluding steroid dienone is 4. The quantitative estimate of drug-likeness (QED) is 0.459. The molecule has 0 radical (unpaired) electrons. The highest BCUT2D eigenvalue weighted by Crippen LogP contribution is 2.01. The second-order valence-corrected chi connectivity index (χ2v) is 7.07. The van der Waals surface area contributed by atoms with Crippen LogP contribution in [-0.2, 0) is 20.8 Å². The Morgan fingerprint density at radius 1 is 1.03 bits per heavy atom. The second-order valence-electron chi connectivity index (χ2n) is 7.07. The van der Waals surface area contributed by atoms with Gasteiger partial charge in [-0.2, -0.15) is 0 Å². The van der Waals surface area contributed by atoms with Crippen molar-refractivity contribution in [3.63, 3.8) is 0 Å². The molecule has 3 amide bonds. The van der Waals surface area contributed by atoms with Gasteiger partial charge in [0.1, 0.15) is 0 Å². The summed E-state index contributed by atoms with van der Waals surface area (Å²) in [7, 11) is 1.60. The first kappa shape index (κ1) is 37.1. The van der Waals surface area contributed by atoms with Gasteiger partial charge >= 0.3 is 0 Å². The van der Waals surface area contributed by atoms with Crippen molar-refractivity contribution in [2.24, 2.45) is 23.1 Å². The molecule has 0 saturated carbocycles. The highest BCUT2D eigenvalue weighted by Gasteiger charge is 1.96. The van der Waals surface area contributed by atoms with Crippen LogP contribution < -0.4 is 22.5 Å². The minimum absolute atomic E-state index is 0.00463. The van der Waals surface area contributed by atoms with Crippen molar-refractivity contribution in [2.75, 3.05) is 13.6 Å². The smallest absolute Gasteiger partial charge is 0.231 e. The van der Waals surface area contributed by atoms with E-state index in [1.54, 1.807) is 19.2 Å². The molecule has 7 N–H and O–H groups in total. The number of hydrogen-bond donors (Lipinski definition) is 4. The molecule has 1 aromatic rings. The SMILES string of the molecule is C=C/C=C(/C)C=C.CC(C)CCC(N)=O.CCc1ccccc1.CNC(C)=O.NCC(N)=O. The summed E-state index contributed by atoms with van der Waals surface area (Å²) in [6.07, 6.45) is 8.03. The zero-order valence-corrected chi connectivity index (χ0v) is 21.4. The molecule has 1 aromatic carbocycles. The minimum Gasteiger partial charge on any atom is -0.370 e. The molecule has 0 heterocycles. The Labute approximate surface area is 201 Å². The number of benzene rings is 1. The van der Waals surface area contributed by atoms with Gasteiger partial charge in [-0.3, -0.25) is 14.4 Å². The van der Waals surface area contributed by atoms with Crippen LogP contribution in [-0.4, -0.2) is 31.3 Å². The van der Waals surface area contributed by atoms with Crippen molar-refractivity contribution in [3.8, 4) is 0 Å². The lowest BCUT2D eigenvalue weighted by Crippen LogP contribution is -2.21. The van der Waals surface area contributed by atoms with E-state index in [0.717, 1.165) is 18.4 Å². The van der Waals surface area contributed by atoms with Gasteiger partial charge in [-0.25, -0.2) is 0 Å². The van der Waals surface area contributed by atoms with Crippen LogP contribution in [0.15, 0.2) is 67.3 Å². The summed E-state index contributed by atoms with van der Waals surface area (Å²) in [5.41, 5.74) is 16.7. The topological polar surface area (TPSA) is 141 Å². The van der Waals surface area contributed by atoms with E-state index in [1.807, 2.05) is 19.1 Å². The van der Waals surface area contributed by atoms with Crippen molar-refractivity contribution in [3.05, 3.63) is 72.9 Å². The zero-order chi connectivity index (χ0) is 26.7. The van der Waals surface area contributed by atoms with Crippen LogP contribution in [0.4, 0.5) is 0 Å². The number of rotatable bonds is 7. The van der Waals surface area contributed by atoms with E-state index in [4.69, 9.17) is 11.5 Å². The Balaban J connectivity index is -0.000000162. The molecule has 0 saturated heterocycles. The third kappa shape index (κ3) is 47.8. The number of hydrogen-bond acceptors (Lipinski definition) is 4. The summed E-state index contributed by atoms with van der Waals surface area (Å²) < 4.78 is 0. The number of primary amides is 2. The molecule has 188 valence electrons. The maximum Gasteiger partial charge on any atom is 0.231 e. The first-order chi connectivity index (χ1) is 15.4. The van der Waals surface area contributed by atoms with E-state index in [9.17, 15) is 14.4 Å². The fourth-order valence-corrected chi connectivity index (χ4v) is 1.40. The molecule has 0 atom stereocenters. The normalized spacial score (nSPS) is 9.03. The van der Waals surface area contributed by atoms with Gasteiger partial charge in [-0.05, 0) is 31.2 Å². The Bertz CT molecular complexity index is 655. The molecule has 0 fully saturated rings. The predicted octanol–water partition coefficient (Wildman–Crippen LogP) is 3.64. The Hall–Kier alpha value is -3.19. The van der Waals surface area contributed by atoms with E-state index in [2.05, 4.69) is 69.2 Å². The highest BCUT2D eigenvalue weighted by atomic mass is 16.2. The van der Waals surface area contributed by atoms with Crippen LogP contribution in [0, 0.1) is 5.92 Å². The molecule has 0 aliphatic heterocycles. The predicted molar refractivity (Wildman–Crippen MR) is 141 cm³/mol. The fraction of sp³-hybridized carbons (Fsp3) is 0.423. The van der Waals surface area contributed by atoms with E-state index >= 15 is 0 Å². The third-order valence-electron chi connectivity index (χ3n) is 3.48. The van der Waals surface area contributed by atoms with Gasteiger partial charge in [0.25, 0.3) is 0 Å². The molecule has 0 aromatic heterocycles. The summed E-state index contributed by atoms with van der Waals surface area (Å²) >= 11 is 0. The molecule has 7 nitrogen and oxygen atoms in total. The molecule has 0 aliphatic rings. The second kappa shape index (κ2) is 28.8. The number of amides is 3. The summed E-state index contributed by atoms with van der Waals surface area (Å²) in [4.78, 5) is 29.3. The molecular formula is C26H46N4O3. The molecule has 0 unspecified atom stereocenters. The van der Waals surface area contributed by atoms with Crippen LogP contribution in [0.1, 0.15) is 53.0 Å². The van der Waals surface area contributed by atoms with Crippen LogP contribution >= 0.6 is 0 Å². The van der Waals surface area contributed by atoms with Gasteiger partial charge in [0.2, 0.25) is 17.7 Å². The van der Waals surface area contributed by atoms with Gasteiger partial charge in [0.05, 0.1) is 6.54 Å². The van der Waals surface area contributed by atoms with Crippen molar-refractivity contribution in [1.82, 2.24) is 5.32 Å². The van der Waals surface area contributed by atoms with Crippen LogP contribution in [0.2, 0.25) is 0 Å². The molecule has 33 heavy (non-hydrogen) atoms. The maximum atomic E-state index is 10.1. The van der Waals surface area contributed by atoms with E-state index in [0.29, 0.717) is 12.3 Å². The lowest BCUT2D eigenvalue weighted by atomic mass is 10.1. The largest absolute Gasteiger partial charge is 0.370 e. The number of nitrogens with one attached hydrogen (secondary N) is 1. The molecule has 0 aliphatic carbocycles. The molecule has 0 spiro atoms. The van der Waals surface area contributed by atoms with Gasteiger partial charge in [-0.1, -0.05) is 88.1 Å². The van der Waals surface area contributed by atoms with Crippen LogP contribution in [0.5, 0.6) is 0 Å². The Morgan fingerprint density at radius 2 is 1.48 bits per heavy atom. The molecule has 1 rings (SSSR count). The standard InChI is InChI=1S/C8H10.C7H10.C6H13NO.C3H7NO.C2H6N2O/c1-2-8-6-4-3-5-7-8;1-4-6-7(3)5-2;1-5(2)3-4-6(7)8;1-3(5)4-2;3-1-2(4)5/h3-7H,2H2,1H3;4-6H,1-2H2,3H3;5H,3-4H2,1-2H3,(H2,7,8);1-2H3,(H,4,5);1,3H2,(H2,4,5)/b;7-6-;;;. The zero-order valence-electron chi connectivity index (χ0n) is 21.4. The highest BCUT2D eigenvalue weighted by molar-refractivity contribution is 5.75. The molecular weight excluding hydrogens is 416 g/mol.